The lowest BCUT2D eigenvalue weighted by atomic mass is 10.0. The first-order valence-corrected chi connectivity index (χ1v) is 6.97. The zero-order valence-electron chi connectivity index (χ0n) is 12.2. The molecule has 2 heterocycles. The van der Waals surface area contributed by atoms with Crippen molar-refractivity contribution in [2.24, 2.45) is 5.92 Å². The van der Waals surface area contributed by atoms with Gasteiger partial charge in [0.25, 0.3) is 0 Å². The summed E-state index contributed by atoms with van der Waals surface area (Å²) in [6, 6.07) is 5.10. The molecule has 2 N–H and O–H groups in total. The summed E-state index contributed by atoms with van der Waals surface area (Å²) in [5.41, 5.74) is 0.162. The number of amides is 1. The first kappa shape index (κ1) is 15.2. The summed E-state index contributed by atoms with van der Waals surface area (Å²) in [5.74, 6) is -0.0773. The van der Waals surface area contributed by atoms with Gasteiger partial charge in [-0.15, -0.1) is 5.10 Å². The van der Waals surface area contributed by atoms with Crippen molar-refractivity contribution in [3.63, 3.8) is 0 Å². The molecule has 0 radical (unpaired) electrons. The Labute approximate surface area is 122 Å². The zero-order valence-corrected chi connectivity index (χ0v) is 12.2. The second kappa shape index (κ2) is 6.53. The summed E-state index contributed by atoms with van der Waals surface area (Å²) in [6.07, 6.45) is 2.10. The number of aromatic nitrogens is 3. The molecule has 0 bridgehead atoms. The predicted octanol–water partition coefficient (Wildman–Crippen LogP) is 0.0192. The van der Waals surface area contributed by atoms with E-state index in [9.17, 15) is 9.59 Å². The van der Waals surface area contributed by atoms with Crippen LogP contribution in [0.5, 0.6) is 0 Å². The van der Waals surface area contributed by atoms with Gasteiger partial charge < -0.3 is 10.4 Å². The van der Waals surface area contributed by atoms with E-state index in [2.05, 4.69) is 10.4 Å². The highest BCUT2D eigenvalue weighted by molar-refractivity contribution is 5.76. The van der Waals surface area contributed by atoms with E-state index in [1.54, 1.807) is 24.4 Å². The molecule has 1 amide bonds. The van der Waals surface area contributed by atoms with Crippen LogP contribution in [0.3, 0.4) is 0 Å². The lowest BCUT2D eigenvalue weighted by molar-refractivity contribution is -0.123. The first-order chi connectivity index (χ1) is 10.0. The second-order valence-corrected chi connectivity index (χ2v) is 5.30. The maximum Gasteiger partial charge on any atom is 0.350 e. The van der Waals surface area contributed by atoms with Crippen LogP contribution in [-0.4, -0.2) is 37.8 Å². The minimum absolute atomic E-state index is 0.0113. The maximum atomic E-state index is 12.1. The monoisotopic (exact) mass is 292 g/mol. The summed E-state index contributed by atoms with van der Waals surface area (Å²) < 4.78 is 2.53. The van der Waals surface area contributed by atoms with Gasteiger partial charge in [0.05, 0.1) is 0 Å². The molecule has 2 rings (SSSR count). The third kappa shape index (κ3) is 3.49. The number of carbonyl (C=O) groups is 1. The molecule has 1 unspecified atom stereocenters. The summed E-state index contributed by atoms with van der Waals surface area (Å²) in [5, 5.41) is 15.9. The van der Waals surface area contributed by atoms with E-state index in [1.165, 1.54) is 4.40 Å². The number of hydrogen-bond donors (Lipinski definition) is 2. The van der Waals surface area contributed by atoms with Crippen molar-refractivity contribution in [1.82, 2.24) is 19.5 Å². The lowest BCUT2D eigenvalue weighted by Crippen LogP contribution is -2.42. The van der Waals surface area contributed by atoms with Gasteiger partial charge in [-0.05, 0) is 24.5 Å². The van der Waals surface area contributed by atoms with E-state index in [0.29, 0.717) is 12.1 Å². The van der Waals surface area contributed by atoms with E-state index in [0.717, 1.165) is 4.68 Å². The molecule has 0 spiro atoms. The molecule has 0 saturated heterocycles. The van der Waals surface area contributed by atoms with Crippen molar-refractivity contribution >= 4 is 11.6 Å². The minimum Gasteiger partial charge on any atom is -0.396 e. The minimum atomic E-state index is -0.344. The smallest absolute Gasteiger partial charge is 0.350 e. The Kier molecular flexibility index (Phi) is 4.74. The Morgan fingerprint density at radius 3 is 2.81 bits per heavy atom. The summed E-state index contributed by atoms with van der Waals surface area (Å²) in [4.78, 5) is 24.1. The summed E-state index contributed by atoms with van der Waals surface area (Å²) >= 11 is 0. The second-order valence-electron chi connectivity index (χ2n) is 5.30. The molecule has 0 saturated carbocycles. The van der Waals surface area contributed by atoms with Crippen molar-refractivity contribution < 1.29 is 9.90 Å². The van der Waals surface area contributed by atoms with E-state index < -0.39 is 0 Å². The molecule has 7 heteroatoms. The molecule has 2 aromatic rings. The fraction of sp³-hybridized carbons (Fsp3) is 0.500. The number of rotatable bonds is 6. The number of aliphatic hydroxyl groups excluding tert-OH is 1. The summed E-state index contributed by atoms with van der Waals surface area (Å²) in [7, 11) is 0. The van der Waals surface area contributed by atoms with Crippen LogP contribution in [0, 0.1) is 5.92 Å². The number of nitrogens with zero attached hydrogens (tertiary/aromatic N) is 3. The van der Waals surface area contributed by atoms with Gasteiger partial charge in [-0.3, -0.25) is 9.20 Å². The fourth-order valence-electron chi connectivity index (χ4n) is 2.17. The van der Waals surface area contributed by atoms with Crippen molar-refractivity contribution in [3.8, 4) is 0 Å². The van der Waals surface area contributed by atoms with Gasteiger partial charge in [-0.25, -0.2) is 9.48 Å². The SMILES string of the molecule is CC(C)C(CCO)NC(=O)Cn1nc2ccccn2c1=O. The van der Waals surface area contributed by atoms with Crippen LogP contribution < -0.4 is 11.0 Å². The van der Waals surface area contributed by atoms with Crippen molar-refractivity contribution in [2.45, 2.75) is 32.9 Å². The lowest BCUT2D eigenvalue weighted by Gasteiger charge is -2.21. The van der Waals surface area contributed by atoms with Crippen LogP contribution in [-0.2, 0) is 11.3 Å². The largest absolute Gasteiger partial charge is 0.396 e. The third-order valence-corrected chi connectivity index (χ3v) is 3.37. The Bertz CT molecular complexity index is 674. The van der Waals surface area contributed by atoms with E-state index in [1.807, 2.05) is 13.8 Å². The average Bonchev–Trinajstić information content (AvgIpc) is 2.75. The topological polar surface area (TPSA) is 88.6 Å². The average molecular weight is 292 g/mol. The van der Waals surface area contributed by atoms with Crippen molar-refractivity contribution in [2.75, 3.05) is 6.61 Å². The van der Waals surface area contributed by atoms with Crippen molar-refractivity contribution in [1.29, 1.82) is 0 Å². The molecule has 7 nitrogen and oxygen atoms in total. The highest BCUT2D eigenvalue weighted by atomic mass is 16.3. The van der Waals surface area contributed by atoms with E-state index in [4.69, 9.17) is 5.11 Å². The van der Waals surface area contributed by atoms with Gasteiger partial charge in [0.1, 0.15) is 6.54 Å². The van der Waals surface area contributed by atoms with E-state index in [-0.39, 0.29) is 36.7 Å². The highest BCUT2D eigenvalue weighted by Gasteiger charge is 2.17. The molecular formula is C14H20N4O3. The molecule has 0 aliphatic carbocycles. The molecule has 0 fully saturated rings. The molecule has 2 aromatic heterocycles. The predicted molar refractivity (Wildman–Crippen MR) is 77.9 cm³/mol. The normalized spacial score (nSPS) is 12.8. The molecule has 0 aliphatic rings. The van der Waals surface area contributed by atoms with E-state index >= 15 is 0 Å². The Morgan fingerprint density at radius 2 is 2.19 bits per heavy atom. The van der Waals surface area contributed by atoms with Crippen LogP contribution in [0.4, 0.5) is 0 Å². The highest BCUT2D eigenvalue weighted by Crippen LogP contribution is 2.05. The number of fused-ring (bicyclic) bond motifs is 1. The van der Waals surface area contributed by atoms with Crippen molar-refractivity contribution in [3.05, 3.63) is 34.9 Å². The molecule has 21 heavy (non-hydrogen) atoms. The number of carbonyl (C=O) groups excluding carboxylic acids is 1. The standard InChI is InChI=1S/C14H20N4O3/c1-10(2)11(6-8-19)15-13(20)9-18-14(21)17-7-4-3-5-12(17)16-18/h3-5,7,10-11,19H,6,8-9H2,1-2H3,(H,15,20). The number of hydrogen-bond acceptors (Lipinski definition) is 4. The van der Waals surface area contributed by atoms with Crippen LogP contribution in [0.15, 0.2) is 29.2 Å². The molecule has 0 aliphatic heterocycles. The van der Waals surface area contributed by atoms with Crippen LogP contribution in [0.25, 0.3) is 5.65 Å². The van der Waals surface area contributed by atoms with Gasteiger partial charge in [0, 0.05) is 18.8 Å². The maximum absolute atomic E-state index is 12.1. The van der Waals surface area contributed by atoms with Gasteiger partial charge in [0.15, 0.2) is 5.65 Å². The number of aliphatic hydroxyl groups is 1. The molecule has 1 atom stereocenters. The van der Waals surface area contributed by atoms with Gasteiger partial charge >= 0.3 is 5.69 Å². The molecule has 0 aromatic carbocycles. The quantitative estimate of drug-likeness (QED) is 0.785. The van der Waals surface area contributed by atoms with Crippen LogP contribution in [0.2, 0.25) is 0 Å². The van der Waals surface area contributed by atoms with Crippen LogP contribution >= 0.6 is 0 Å². The third-order valence-electron chi connectivity index (χ3n) is 3.37. The zero-order chi connectivity index (χ0) is 15.4. The first-order valence-electron chi connectivity index (χ1n) is 6.97. The van der Waals surface area contributed by atoms with Gasteiger partial charge in [-0.2, -0.15) is 0 Å². The van der Waals surface area contributed by atoms with Gasteiger partial charge in [0.2, 0.25) is 5.91 Å². The summed E-state index contributed by atoms with van der Waals surface area (Å²) in [6.45, 7) is 3.82. The molecule has 114 valence electrons. The number of pyridine rings is 1. The van der Waals surface area contributed by atoms with Crippen LogP contribution in [0.1, 0.15) is 20.3 Å². The molecular weight excluding hydrogens is 272 g/mol. The van der Waals surface area contributed by atoms with Gasteiger partial charge in [-0.1, -0.05) is 19.9 Å². The number of nitrogens with one attached hydrogen (secondary N) is 1. The fourth-order valence-corrected chi connectivity index (χ4v) is 2.17. The Morgan fingerprint density at radius 1 is 1.43 bits per heavy atom. The Hall–Kier alpha value is -2.15. The Balaban J connectivity index is 2.11.